The molecule has 7 heavy (non-hydrogen) atoms. The number of rotatable bonds is 1. The van der Waals surface area contributed by atoms with Gasteiger partial charge in [0.25, 0.3) is 0 Å². The minimum atomic E-state index is 0.944. The SMILES string of the molecule is C=C.N=NC=NN. The van der Waals surface area contributed by atoms with Gasteiger partial charge in [0, 0.05) is 0 Å². The van der Waals surface area contributed by atoms with Crippen LogP contribution in [-0.2, 0) is 0 Å². The fourth-order valence-electron chi connectivity index (χ4n) is 0.0333. The van der Waals surface area contributed by atoms with E-state index in [2.05, 4.69) is 29.2 Å². The average Bonchev–Trinajstić information content (AvgIpc) is 1.75. The number of hydrazone groups is 1. The molecule has 0 aromatic carbocycles. The first kappa shape index (κ1) is 9.26. The molecule has 0 heterocycles. The van der Waals surface area contributed by atoms with Crippen LogP contribution in [0.3, 0.4) is 0 Å². The van der Waals surface area contributed by atoms with Crippen molar-refractivity contribution in [2.75, 3.05) is 0 Å². The van der Waals surface area contributed by atoms with Crippen molar-refractivity contribution >= 4 is 6.34 Å². The van der Waals surface area contributed by atoms with Gasteiger partial charge >= 0.3 is 0 Å². The lowest BCUT2D eigenvalue weighted by Gasteiger charge is -1.58. The van der Waals surface area contributed by atoms with Crippen LogP contribution in [0.25, 0.3) is 0 Å². The Morgan fingerprint density at radius 2 is 2.00 bits per heavy atom. The van der Waals surface area contributed by atoms with Gasteiger partial charge in [0.15, 0.2) is 6.34 Å². The molecule has 0 spiro atoms. The third-order valence-electron chi connectivity index (χ3n) is 0.124. The van der Waals surface area contributed by atoms with Crippen molar-refractivity contribution in [3.8, 4) is 0 Å². The summed E-state index contributed by atoms with van der Waals surface area (Å²) in [5.74, 6) is 4.49. The van der Waals surface area contributed by atoms with E-state index in [-0.39, 0.29) is 0 Å². The molecule has 0 aliphatic carbocycles. The summed E-state index contributed by atoms with van der Waals surface area (Å²) >= 11 is 0. The second-order valence-corrected chi connectivity index (χ2v) is 0.394. The standard InChI is InChI=1S/C2H4.CH4N4/c1-2;2-4-1-5-3/h1-2H2;1-2H,3H2. The summed E-state index contributed by atoms with van der Waals surface area (Å²) in [7, 11) is 0. The van der Waals surface area contributed by atoms with E-state index in [0.29, 0.717) is 0 Å². The number of nitrogens with zero attached hydrogens (tertiary/aromatic N) is 2. The van der Waals surface area contributed by atoms with Crippen molar-refractivity contribution in [3.63, 3.8) is 0 Å². The summed E-state index contributed by atoms with van der Waals surface area (Å²) in [5, 5.41) is 5.56. The molecule has 0 atom stereocenters. The number of hydrogen-bond acceptors (Lipinski definition) is 3. The predicted molar refractivity (Wildman–Crippen MR) is 29.1 cm³/mol. The summed E-state index contributed by atoms with van der Waals surface area (Å²) in [4.78, 5) is 0. The van der Waals surface area contributed by atoms with E-state index in [4.69, 9.17) is 5.53 Å². The van der Waals surface area contributed by atoms with Crippen molar-refractivity contribution < 1.29 is 0 Å². The first-order chi connectivity index (χ1) is 3.41. The van der Waals surface area contributed by atoms with Gasteiger partial charge in [-0.3, -0.25) is 0 Å². The summed E-state index contributed by atoms with van der Waals surface area (Å²) in [6.07, 6.45) is 0.944. The van der Waals surface area contributed by atoms with E-state index < -0.39 is 0 Å². The first-order valence-corrected chi connectivity index (χ1v) is 1.50. The van der Waals surface area contributed by atoms with Gasteiger partial charge < -0.3 is 5.84 Å². The highest BCUT2D eigenvalue weighted by molar-refractivity contribution is 5.52. The van der Waals surface area contributed by atoms with E-state index in [1.807, 2.05) is 0 Å². The smallest absolute Gasteiger partial charge is 0.156 e. The van der Waals surface area contributed by atoms with Crippen molar-refractivity contribution in [2.24, 2.45) is 16.1 Å². The van der Waals surface area contributed by atoms with Crippen molar-refractivity contribution in [1.29, 1.82) is 5.53 Å². The van der Waals surface area contributed by atoms with Crippen molar-refractivity contribution in [1.82, 2.24) is 0 Å². The zero-order valence-corrected chi connectivity index (χ0v) is 3.96. The molecule has 0 saturated carbocycles. The Balaban J connectivity index is 0. The highest BCUT2D eigenvalue weighted by Crippen LogP contribution is 1.44. The Hall–Kier alpha value is -1.19. The van der Waals surface area contributed by atoms with Crippen LogP contribution < -0.4 is 5.84 Å². The molecule has 0 fully saturated rings. The molecule has 4 heteroatoms. The third kappa shape index (κ3) is 57.9. The van der Waals surface area contributed by atoms with Gasteiger partial charge in [-0.05, 0) is 0 Å². The van der Waals surface area contributed by atoms with Gasteiger partial charge in [0.1, 0.15) is 0 Å². The molecule has 0 amide bonds. The Labute approximate surface area is 42.2 Å². The van der Waals surface area contributed by atoms with E-state index in [0.717, 1.165) is 6.34 Å². The zero-order valence-electron chi connectivity index (χ0n) is 3.96. The van der Waals surface area contributed by atoms with Crippen molar-refractivity contribution in [2.45, 2.75) is 0 Å². The van der Waals surface area contributed by atoms with Crippen LogP contribution in [0.15, 0.2) is 23.4 Å². The monoisotopic (exact) mass is 100 g/mol. The van der Waals surface area contributed by atoms with E-state index >= 15 is 0 Å². The Morgan fingerprint density at radius 1 is 1.57 bits per heavy atom. The molecular formula is C3H8N4. The fourth-order valence-corrected chi connectivity index (χ4v) is 0.0333. The maximum atomic E-state index is 6.00. The first-order valence-electron chi connectivity index (χ1n) is 1.50. The molecule has 0 aliphatic heterocycles. The minimum Gasteiger partial charge on any atom is -0.322 e. The molecule has 0 rings (SSSR count). The highest BCUT2D eigenvalue weighted by Gasteiger charge is 1.43. The molecule has 4 nitrogen and oxygen atoms in total. The maximum absolute atomic E-state index is 6.00. The van der Waals surface area contributed by atoms with Gasteiger partial charge in [0.05, 0.1) is 0 Å². The molecule has 0 aliphatic rings. The lowest BCUT2D eigenvalue weighted by atomic mass is 11.3. The summed E-state index contributed by atoms with van der Waals surface area (Å²) in [6, 6.07) is 0. The van der Waals surface area contributed by atoms with E-state index in [9.17, 15) is 0 Å². The summed E-state index contributed by atoms with van der Waals surface area (Å²) < 4.78 is 0. The molecule has 0 aromatic heterocycles. The van der Waals surface area contributed by atoms with E-state index in [1.165, 1.54) is 0 Å². The van der Waals surface area contributed by atoms with Gasteiger partial charge in [-0.1, -0.05) is 0 Å². The molecule has 0 unspecified atom stereocenters. The molecule has 0 bridgehead atoms. The lowest BCUT2D eigenvalue weighted by Crippen LogP contribution is -1.75. The Bertz CT molecular complexity index is 58.0. The number of nitrogens with one attached hydrogen (secondary N) is 1. The normalized spacial score (nSPS) is 6.86. The predicted octanol–water partition coefficient (Wildman–Crippen LogP) is 0.722. The van der Waals surface area contributed by atoms with Crippen LogP contribution in [0.4, 0.5) is 0 Å². The molecule has 0 radical (unpaired) electrons. The Morgan fingerprint density at radius 3 is 2.00 bits per heavy atom. The van der Waals surface area contributed by atoms with E-state index in [1.54, 1.807) is 0 Å². The molecule has 0 saturated heterocycles. The van der Waals surface area contributed by atoms with Crippen LogP contribution >= 0.6 is 0 Å². The topological polar surface area (TPSA) is 74.6 Å². The minimum absolute atomic E-state index is 0.944. The van der Waals surface area contributed by atoms with Crippen molar-refractivity contribution in [3.05, 3.63) is 13.2 Å². The molecule has 0 aromatic rings. The van der Waals surface area contributed by atoms with Crippen LogP contribution in [0, 0.1) is 5.53 Å². The average molecular weight is 100 g/mol. The lowest BCUT2D eigenvalue weighted by molar-refractivity contribution is 1.17. The maximum Gasteiger partial charge on any atom is 0.156 e. The molecular weight excluding hydrogens is 92.1 g/mol. The summed E-state index contributed by atoms with van der Waals surface area (Å²) in [6.45, 7) is 6.00. The van der Waals surface area contributed by atoms with Crippen LogP contribution in [0.5, 0.6) is 0 Å². The van der Waals surface area contributed by atoms with Gasteiger partial charge in [-0.25, -0.2) is 5.53 Å². The highest BCUT2D eigenvalue weighted by atomic mass is 15.2. The zero-order chi connectivity index (χ0) is 6.12. The number of nitrogens with two attached hydrogens (primary N) is 1. The molecule has 40 valence electrons. The Kier molecular flexibility index (Phi) is 28.2. The quantitative estimate of drug-likeness (QED) is 0.125. The van der Waals surface area contributed by atoms with Crippen LogP contribution in [0.2, 0.25) is 0 Å². The van der Waals surface area contributed by atoms with Crippen LogP contribution in [-0.4, -0.2) is 6.34 Å². The van der Waals surface area contributed by atoms with Gasteiger partial charge in [-0.2, -0.15) is 5.10 Å². The van der Waals surface area contributed by atoms with Gasteiger partial charge in [-0.15, -0.1) is 18.3 Å². The largest absolute Gasteiger partial charge is 0.322 e. The van der Waals surface area contributed by atoms with Crippen LogP contribution in [0.1, 0.15) is 0 Å². The number of hydrogen-bond donors (Lipinski definition) is 2. The third-order valence-corrected chi connectivity index (χ3v) is 0.124. The summed E-state index contributed by atoms with van der Waals surface area (Å²) in [5.41, 5.74) is 6.00. The fraction of sp³-hybridized carbons (Fsp3) is 0. The van der Waals surface area contributed by atoms with Gasteiger partial charge in [0.2, 0.25) is 0 Å². The molecule has 3 N–H and O–H groups in total. The second kappa shape index (κ2) is 21.3. The second-order valence-electron chi connectivity index (χ2n) is 0.394.